The Bertz CT molecular complexity index is 725. The highest BCUT2D eigenvalue weighted by Gasteiger charge is 2.13. The van der Waals surface area contributed by atoms with Gasteiger partial charge in [0.05, 0.1) is 14.2 Å². The number of rotatable bonds is 8. The van der Waals surface area contributed by atoms with Gasteiger partial charge >= 0.3 is 5.97 Å². The molecule has 0 aliphatic rings. The summed E-state index contributed by atoms with van der Waals surface area (Å²) in [6.45, 7) is 0. The first-order valence-electron chi connectivity index (χ1n) is 7.98. The van der Waals surface area contributed by atoms with Gasteiger partial charge in [-0.2, -0.15) is 0 Å². The van der Waals surface area contributed by atoms with Crippen LogP contribution in [0.2, 0.25) is 0 Å². The highest BCUT2D eigenvalue weighted by Crippen LogP contribution is 2.37. The second kappa shape index (κ2) is 8.78. The van der Waals surface area contributed by atoms with Crippen LogP contribution in [0.1, 0.15) is 24.0 Å². The average molecular weight is 342 g/mol. The first kappa shape index (κ1) is 18.4. The zero-order valence-corrected chi connectivity index (χ0v) is 14.4. The van der Waals surface area contributed by atoms with Crippen LogP contribution in [0.25, 0.3) is 6.08 Å². The van der Waals surface area contributed by atoms with Crippen LogP contribution in [-0.2, 0) is 11.2 Å². The van der Waals surface area contributed by atoms with Gasteiger partial charge in [0.1, 0.15) is 0 Å². The van der Waals surface area contributed by atoms with Crippen molar-refractivity contribution < 1.29 is 24.5 Å². The van der Waals surface area contributed by atoms with Crippen LogP contribution < -0.4 is 9.47 Å². The molecule has 0 spiro atoms. The number of phenolic OH excluding ortho intramolecular Hbond substituents is 1. The quantitative estimate of drug-likeness (QED) is 0.712. The van der Waals surface area contributed by atoms with Crippen LogP contribution in [0.15, 0.2) is 48.0 Å². The number of aryl methyl sites for hydroxylation is 1. The van der Waals surface area contributed by atoms with Gasteiger partial charge in [-0.3, -0.25) is 0 Å². The number of hydrogen-bond acceptors (Lipinski definition) is 4. The van der Waals surface area contributed by atoms with Crippen LogP contribution in [0.3, 0.4) is 0 Å². The van der Waals surface area contributed by atoms with Gasteiger partial charge in [0.15, 0.2) is 11.5 Å². The zero-order valence-electron chi connectivity index (χ0n) is 14.4. The second-order valence-corrected chi connectivity index (χ2v) is 5.59. The number of phenols is 1. The fourth-order valence-electron chi connectivity index (χ4n) is 2.57. The molecule has 0 saturated heterocycles. The Balaban J connectivity index is 2.17. The fraction of sp³-hybridized carbons (Fsp3) is 0.250. The van der Waals surface area contributed by atoms with Gasteiger partial charge in [-0.1, -0.05) is 30.3 Å². The molecule has 0 atom stereocenters. The van der Waals surface area contributed by atoms with E-state index in [9.17, 15) is 15.0 Å². The van der Waals surface area contributed by atoms with E-state index in [-0.39, 0.29) is 17.2 Å². The van der Waals surface area contributed by atoms with Gasteiger partial charge in [0, 0.05) is 5.57 Å². The highest BCUT2D eigenvalue weighted by atomic mass is 16.5. The molecule has 25 heavy (non-hydrogen) atoms. The maximum absolute atomic E-state index is 11.5. The lowest BCUT2D eigenvalue weighted by Gasteiger charge is -2.10. The molecular weight excluding hydrogens is 320 g/mol. The summed E-state index contributed by atoms with van der Waals surface area (Å²) in [6, 6.07) is 13.1. The largest absolute Gasteiger partial charge is 0.502 e. The van der Waals surface area contributed by atoms with Crippen molar-refractivity contribution in [2.24, 2.45) is 0 Å². The van der Waals surface area contributed by atoms with E-state index >= 15 is 0 Å². The molecule has 0 saturated carbocycles. The minimum absolute atomic E-state index is 0.108. The summed E-state index contributed by atoms with van der Waals surface area (Å²) in [5, 5.41) is 19.4. The van der Waals surface area contributed by atoms with Gasteiger partial charge in [-0.05, 0) is 48.6 Å². The van der Waals surface area contributed by atoms with E-state index in [1.807, 2.05) is 30.3 Å². The number of hydrogen-bond donors (Lipinski definition) is 2. The Hall–Kier alpha value is -2.95. The van der Waals surface area contributed by atoms with E-state index in [1.165, 1.54) is 19.8 Å². The van der Waals surface area contributed by atoms with Crippen LogP contribution in [0.4, 0.5) is 0 Å². The lowest BCUT2D eigenvalue weighted by molar-refractivity contribution is -0.132. The average Bonchev–Trinajstić information content (AvgIpc) is 2.62. The number of aromatic hydroxyl groups is 1. The van der Waals surface area contributed by atoms with Gasteiger partial charge in [-0.25, -0.2) is 4.79 Å². The normalized spacial score (nSPS) is 11.2. The lowest BCUT2D eigenvalue weighted by Crippen LogP contribution is -2.01. The molecule has 0 aromatic heterocycles. The van der Waals surface area contributed by atoms with E-state index in [2.05, 4.69) is 0 Å². The number of carboxylic acid groups (broad SMARTS) is 1. The summed E-state index contributed by atoms with van der Waals surface area (Å²) >= 11 is 0. The number of aliphatic carboxylic acids is 1. The third-order valence-electron chi connectivity index (χ3n) is 3.87. The molecule has 0 aliphatic heterocycles. The molecule has 0 aliphatic carbocycles. The molecule has 5 nitrogen and oxygen atoms in total. The molecular formula is C20H22O5. The minimum atomic E-state index is -0.959. The van der Waals surface area contributed by atoms with E-state index in [0.717, 1.165) is 12.8 Å². The highest BCUT2D eigenvalue weighted by molar-refractivity contribution is 5.92. The van der Waals surface area contributed by atoms with Crippen molar-refractivity contribution in [3.63, 3.8) is 0 Å². The maximum Gasteiger partial charge on any atom is 0.331 e. The summed E-state index contributed by atoms with van der Waals surface area (Å²) in [6.07, 6.45) is 3.57. The van der Waals surface area contributed by atoms with Crippen LogP contribution >= 0.6 is 0 Å². The summed E-state index contributed by atoms with van der Waals surface area (Å²) in [5.74, 6) is -0.596. The fourth-order valence-corrected chi connectivity index (χ4v) is 2.57. The first-order chi connectivity index (χ1) is 12.0. The van der Waals surface area contributed by atoms with E-state index in [1.54, 1.807) is 18.2 Å². The molecule has 0 unspecified atom stereocenters. The third-order valence-corrected chi connectivity index (χ3v) is 3.87. The molecule has 5 heteroatoms. The molecule has 0 bridgehead atoms. The van der Waals surface area contributed by atoms with Crippen LogP contribution in [-0.4, -0.2) is 30.4 Å². The standard InChI is InChI=1S/C20H22O5/c1-24-17-12-15(13-18(25-2)19(17)21)11-16(20(22)23)10-6-9-14-7-4-3-5-8-14/h3-5,7-8,11-13,21H,6,9-10H2,1-2H3,(H,22,23)/b16-11+. The van der Waals surface area contributed by atoms with Crippen molar-refractivity contribution in [3.8, 4) is 17.2 Å². The second-order valence-electron chi connectivity index (χ2n) is 5.59. The number of benzene rings is 2. The van der Waals surface area contributed by atoms with Gasteiger partial charge in [-0.15, -0.1) is 0 Å². The Kier molecular flexibility index (Phi) is 6.46. The first-order valence-corrected chi connectivity index (χ1v) is 7.98. The molecule has 2 aromatic carbocycles. The summed E-state index contributed by atoms with van der Waals surface area (Å²) in [5.41, 5.74) is 2.08. The minimum Gasteiger partial charge on any atom is -0.502 e. The molecule has 0 amide bonds. The molecule has 0 heterocycles. The van der Waals surface area contributed by atoms with Crippen LogP contribution in [0.5, 0.6) is 17.2 Å². The molecule has 0 fully saturated rings. The molecule has 2 rings (SSSR count). The van der Waals surface area contributed by atoms with Crippen molar-refractivity contribution in [2.45, 2.75) is 19.3 Å². The van der Waals surface area contributed by atoms with Crippen molar-refractivity contribution in [1.82, 2.24) is 0 Å². The molecule has 0 radical (unpaired) electrons. The van der Waals surface area contributed by atoms with E-state index < -0.39 is 5.97 Å². The maximum atomic E-state index is 11.5. The van der Waals surface area contributed by atoms with E-state index in [0.29, 0.717) is 17.6 Å². The number of carboxylic acids is 1. The number of ether oxygens (including phenoxy) is 2. The topological polar surface area (TPSA) is 76.0 Å². The monoisotopic (exact) mass is 342 g/mol. The van der Waals surface area contributed by atoms with E-state index in [4.69, 9.17) is 9.47 Å². The predicted molar refractivity (Wildman–Crippen MR) is 96.2 cm³/mol. The van der Waals surface area contributed by atoms with Crippen molar-refractivity contribution >= 4 is 12.0 Å². The lowest BCUT2D eigenvalue weighted by atomic mass is 10.0. The Morgan fingerprint density at radius 3 is 2.20 bits per heavy atom. The van der Waals surface area contributed by atoms with Crippen molar-refractivity contribution in [1.29, 1.82) is 0 Å². The third kappa shape index (κ3) is 5.01. The molecule has 2 N–H and O–H groups in total. The number of carbonyl (C=O) groups is 1. The van der Waals surface area contributed by atoms with Crippen LogP contribution in [0, 0.1) is 0 Å². The van der Waals surface area contributed by atoms with Gasteiger partial charge in [0.2, 0.25) is 5.75 Å². The molecule has 2 aromatic rings. The summed E-state index contributed by atoms with van der Waals surface area (Å²) in [4.78, 5) is 11.5. The Morgan fingerprint density at radius 1 is 1.08 bits per heavy atom. The van der Waals surface area contributed by atoms with Crippen molar-refractivity contribution in [2.75, 3.05) is 14.2 Å². The predicted octanol–water partition coefficient (Wildman–Crippen LogP) is 3.90. The Labute approximate surface area is 147 Å². The van der Waals surface area contributed by atoms with Gasteiger partial charge in [0.25, 0.3) is 0 Å². The summed E-state index contributed by atoms with van der Waals surface area (Å²) in [7, 11) is 2.86. The number of methoxy groups -OCH3 is 2. The smallest absolute Gasteiger partial charge is 0.331 e. The summed E-state index contributed by atoms with van der Waals surface area (Å²) < 4.78 is 10.2. The zero-order chi connectivity index (χ0) is 18.2. The Morgan fingerprint density at radius 2 is 1.68 bits per heavy atom. The SMILES string of the molecule is COc1cc(/C=C(\CCCc2ccccc2)C(=O)O)cc(OC)c1O. The van der Waals surface area contributed by atoms with Crippen molar-refractivity contribution in [3.05, 3.63) is 59.2 Å². The molecule has 132 valence electrons. The van der Waals surface area contributed by atoms with Gasteiger partial charge < -0.3 is 19.7 Å².